The molecule has 2 rings (SSSR count). The first-order valence-electron chi connectivity index (χ1n) is 6.95. The first kappa shape index (κ1) is 13.5. The highest BCUT2D eigenvalue weighted by Crippen LogP contribution is 2.25. The Morgan fingerprint density at radius 1 is 1.28 bits per heavy atom. The average Bonchev–Trinajstić information content (AvgIpc) is 2.90. The molecule has 1 fully saturated rings. The number of nitrogens with two attached hydrogens (primary N) is 1. The number of rotatable bonds is 5. The normalized spacial score (nSPS) is 18.4. The van der Waals surface area contributed by atoms with E-state index in [-0.39, 0.29) is 11.9 Å². The molecule has 1 aromatic rings. The number of benzene rings is 1. The lowest BCUT2D eigenvalue weighted by molar-refractivity contribution is 0.197. The molecule has 1 unspecified atom stereocenters. The molecule has 0 saturated heterocycles. The average molecular weight is 250 g/mol. The smallest absolute Gasteiger partial charge is 0.123 e. The predicted molar refractivity (Wildman–Crippen MR) is 72.8 cm³/mol. The van der Waals surface area contributed by atoms with E-state index in [0.717, 1.165) is 18.7 Å². The molecule has 0 aromatic heterocycles. The number of hydrogen-bond acceptors (Lipinski definition) is 2. The Morgan fingerprint density at radius 3 is 2.44 bits per heavy atom. The van der Waals surface area contributed by atoms with Gasteiger partial charge < -0.3 is 5.73 Å². The second kappa shape index (κ2) is 6.30. The van der Waals surface area contributed by atoms with Crippen molar-refractivity contribution >= 4 is 0 Å². The van der Waals surface area contributed by atoms with E-state index in [1.165, 1.54) is 37.8 Å². The Labute approximate surface area is 109 Å². The van der Waals surface area contributed by atoms with Crippen molar-refractivity contribution in [1.82, 2.24) is 4.90 Å². The summed E-state index contributed by atoms with van der Waals surface area (Å²) >= 11 is 0. The lowest BCUT2D eigenvalue weighted by atomic mass is 10.1. The van der Waals surface area contributed by atoms with Crippen LogP contribution in [0, 0.1) is 5.82 Å². The van der Waals surface area contributed by atoms with Crippen LogP contribution < -0.4 is 5.73 Å². The standard InChI is InChI=1S/C15H23FN2/c1-2-18(14-5-3-4-6-14)11-15(17)12-7-9-13(16)10-8-12/h7-10,14-15H,2-6,11,17H2,1H3. The van der Waals surface area contributed by atoms with Gasteiger partial charge in [0.25, 0.3) is 0 Å². The van der Waals surface area contributed by atoms with Gasteiger partial charge in [0, 0.05) is 18.6 Å². The Bertz CT molecular complexity index is 357. The van der Waals surface area contributed by atoms with Gasteiger partial charge in [-0.1, -0.05) is 31.9 Å². The van der Waals surface area contributed by atoms with E-state index in [4.69, 9.17) is 5.73 Å². The Kier molecular flexibility index (Phi) is 4.72. The Balaban J connectivity index is 1.96. The minimum atomic E-state index is -0.200. The van der Waals surface area contributed by atoms with Gasteiger partial charge in [-0.15, -0.1) is 0 Å². The minimum Gasteiger partial charge on any atom is -0.323 e. The Hall–Kier alpha value is -0.930. The molecule has 0 spiro atoms. The molecule has 18 heavy (non-hydrogen) atoms. The van der Waals surface area contributed by atoms with Crippen molar-refractivity contribution in [2.75, 3.05) is 13.1 Å². The van der Waals surface area contributed by atoms with Crippen molar-refractivity contribution in [2.24, 2.45) is 5.73 Å². The summed E-state index contributed by atoms with van der Waals surface area (Å²) in [5.41, 5.74) is 7.25. The summed E-state index contributed by atoms with van der Waals surface area (Å²) in [5, 5.41) is 0. The highest BCUT2D eigenvalue weighted by atomic mass is 19.1. The summed E-state index contributed by atoms with van der Waals surface area (Å²) < 4.78 is 12.9. The van der Waals surface area contributed by atoms with Crippen molar-refractivity contribution in [3.63, 3.8) is 0 Å². The van der Waals surface area contributed by atoms with Crippen LogP contribution in [0.2, 0.25) is 0 Å². The van der Waals surface area contributed by atoms with Crippen LogP contribution in [-0.2, 0) is 0 Å². The fraction of sp³-hybridized carbons (Fsp3) is 0.600. The van der Waals surface area contributed by atoms with E-state index in [0.29, 0.717) is 6.04 Å². The number of hydrogen-bond donors (Lipinski definition) is 1. The summed E-state index contributed by atoms with van der Waals surface area (Å²) in [7, 11) is 0. The number of halogens is 1. The molecule has 0 aliphatic heterocycles. The molecule has 0 amide bonds. The van der Waals surface area contributed by atoms with Gasteiger partial charge in [-0.05, 0) is 37.1 Å². The van der Waals surface area contributed by atoms with E-state index in [9.17, 15) is 4.39 Å². The highest BCUT2D eigenvalue weighted by Gasteiger charge is 2.23. The molecule has 0 bridgehead atoms. The van der Waals surface area contributed by atoms with Crippen molar-refractivity contribution < 1.29 is 4.39 Å². The highest BCUT2D eigenvalue weighted by molar-refractivity contribution is 5.19. The SMILES string of the molecule is CCN(CC(N)c1ccc(F)cc1)C1CCCC1. The molecule has 1 aliphatic carbocycles. The lowest BCUT2D eigenvalue weighted by Gasteiger charge is -2.30. The summed E-state index contributed by atoms with van der Waals surface area (Å²) in [6, 6.07) is 7.24. The number of likely N-dealkylation sites (N-methyl/N-ethyl adjacent to an activating group) is 1. The second-order valence-corrected chi connectivity index (χ2v) is 5.18. The predicted octanol–water partition coefficient (Wildman–Crippen LogP) is 3.09. The summed E-state index contributed by atoms with van der Waals surface area (Å²) in [6.45, 7) is 4.10. The van der Waals surface area contributed by atoms with Crippen molar-refractivity contribution in [1.29, 1.82) is 0 Å². The van der Waals surface area contributed by atoms with Crippen LogP contribution in [0.5, 0.6) is 0 Å². The quantitative estimate of drug-likeness (QED) is 0.870. The molecule has 2 nitrogen and oxygen atoms in total. The molecule has 1 atom stereocenters. The summed E-state index contributed by atoms with van der Waals surface area (Å²) in [6.07, 6.45) is 5.27. The van der Waals surface area contributed by atoms with Crippen LogP contribution >= 0.6 is 0 Å². The van der Waals surface area contributed by atoms with Gasteiger partial charge in [0.15, 0.2) is 0 Å². The van der Waals surface area contributed by atoms with Gasteiger partial charge in [0.05, 0.1) is 0 Å². The first-order chi connectivity index (χ1) is 8.70. The largest absolute Gasteiger partial charge is 0.323 e. The monoisotopic (exact) mass is 250 g/mol. The fourth-order valence-corrected chi connectivity index (χ4v) is 2.87. The van der Waals surface area contributed by atoms with E-state index in [2.05, 4.69) is 11.8 Å². The van der Waals surface area contributed by atoms with Gasteiger partial charge in [-0.2, -0.15) is 0 Å². The van der Waals surface area contributed by atoms with E-state index < -0.39 is 0 Å². The molecule has 0 radical (unpaired) electrons. The van der Waals surface area contributed by atoms with Crippen molar-refractivity contribution in [3.8, 4) is 0 Å². The van der Waals surface area contributed by atoms with Gasteiger partial charge in [-0.25, -0.2) is 4.39 Å². The molecule has 3 heteroatoms. The zero-order valence-electron chi connectivity index (χ0n) is 11.1. The van der Waals surface area contributed by atoms with Gasteiger partial charge in [-0.3, -0.25) is 4.90 Å². The molecule has 1 saturated carbocycles. The van der Waals surface area contributed by atoms with Crippen LogP contribution in [0.3, 0.4) is 0 Å². The molecule has 0 heterocycles. The molecular formula is C15H23FN2. The molecule has 2 N–H and O–H groups in total. The van der Waals surface area contributed by atoms with Gasteiger partial charge in [0.1, 0.15) is 5.82 Å². The number of nitrogens with zero attached hydrogens (tertiary/aromatic N) is 1. The van der Waals surface area contributed by atoms with Crippen LogP contribution in [-0.4, -0.2) is 24.0 Å². The zero-order chi connectivity index (χ0) is 13.0. The van der Waals surface area contributed by atoms with Crippen LogP contribution in [0.1, 0.15) is 44.2 Å². The Morgan fingerprint density at radius 2 is 1.89 bits per heavy atom. The third-order valence-corrected chi connectivity index (χ3v) is 3.98. The molecule has 1 aliphatic rings. The van der Waals surface area contributed by atoms with Crippen molar-refractivity contribution in [2.45, 2.75) is 44.7 Å². The maximum atomic E-state index is 12.9. The van der Waals surface area contributed by atoms with Crippen LogP contribution in [0.4, 0.5) is 4.39 Å². The maximum absolute atomic E-state index is 12.9. The van der Waals surface area contributed by atoms with E-state index in [1.807, 2.05) is 0 Å². The van der Waals surface area contributed by atoms with Gasteiger partial charge in [0.2, 0.25) is 0 Å². The fourth-order valence-electron chi connectivity index (χ4n) is 2.87. The topological polar surface area (TPSA) is 29.3 Å². The minimum absolute atomic E-state index is 0.0221. The lowest BCUT2D eigenvalue weighted by Crippen LogP contribution is -2.38. The molecule has 1 aromatic carbocycles. The van der Waals surface area contributed by atoms with Crippen LogP contribution in [0.15, 0.2) is 24.3 Å². The van der Waals surface area contributed by atoms with E-state index >= 15 is 0 Å². The van der Waals surface area contributed by atoms with Crippen LogP contribution in [0.25, 0.3) is 0 Å². The van der Waals surface area contributed by atoms with Crippen molar-refractivity contribution in [3.05, 3.63) is 35.6 Å². The first-order valence-corrected chi connectivity index (χ1v) is 6.95. The maximum Gasteiger partial charge on any atom is 0.123 e. The van der Waals surface area contributed by atoms with E-state index in [1.54, 1.807) is 12.1 Å². The third-order valence-electron chi connectivity index (χ3n) is 3.98. The summed E-state index contributed by atoms with van der Waals surface area (Å²) in [4.78, 5) is 2.47. The van der Waals surface area contributed by atoms with Gasteiger partial charge >= 0.3 is 0 Å². The summed E-state index contributed by atoms with van der Waals surface area (Å²) in [5.74, 6) is -0.200. The molecular weight excluding hydrogens is 227 g/mol. The second-order valence-electron chi connectivity index (χ2n) is 5.18. The zero-order valence-corrected chi connectivity index (χ0v) is 11.1. The molecule has 100 valence electrons. The third kappa shape index (κ3) is 3.30.